The number of nitrogens with one attached hydrogen (secondary N) is 1. The first kappa shape index (κ1) is 12.2. The molecule has 3 aliphatic carbocycles. The number of halogens is 3. The molecule has 0 aromatic carbocycles. The SMILES string of the molecule is CC(C)[C@H](N)CNC12CC(C(F)(F)F)(C1)C2. The van der Waals surface area contributed by atoms with Gasteiger partial charge in [-0.05, 0) is 25.2 Å². The predicted molar refractivity (Wildman–Crippen MR) is 55.9 cm³/mol. The highest BCUT2D eigenvalue weighted by Gasteiger charge is 2.78. The Hall–Kier alpha value is -0.290. The van der Waals surface area contributed by atoms with E-state index < -0.39 is 11.6 Å². The van der Waals surface area contributed by atoms with Crippen LogP contribution in [0.2, 0.25) is 0 Å². The molecule has 5 heteroatoms. The number of nitrogens with two attached hydrogens (primary N) is 1. The Morgan fingerprint density at radius 3 is 2.12 bits per heavy atom. The van der Waals surface area contributed by atoms with Gasteiger partial charge >= 0.3 is 6.18 Å². The van der Waals surface area contributed by atoms with Gasteiger partial charge in [-0.1, -0.05) is 13.8 Å². The van der Waals surface area contributed by atoms with E-state index in [1.165, 1.54) is 0 Å². The second-order valence-corrected chi connectivity index (χ2v) is 5.88. The average molecular weight is 236 g/mol. The molecule has 0 unspecified atom stereocenters. The molecule has 94 valence electrons. The van der Waals surface area contributed by atoms with Gasteiger partial charge in [0, 0.05) is 18.1 Å². The molecular formula is C11H19F3N2. The zero-order valence-electron chi connectivity index (χ0n) is 9.69. The molecule has 3 saturated carbocycles. The molecule has 2 nitrogen and oxygen atoms in total. The maximum Gasteiger partial charge on any atom is 0.394 e. The molecule has 0 heterocycles. The number of hydrogen-bond acceptors (Lipinski definition) is 2. The summed E-state index contributed by atoms with van der Waals surface area (Å²) < 4.78 is 37.7. The Morgan fingerprint density at radius 1 is 1.25 bits per heavy atom. The minimum Gasteiger partial charge on any atom is -0.326 e. The maximum absolute atomic E-state index is 12.6. The van der Waals surface area contributed by atoms with Gasteiger partial charge in [0.15, 0.2) is 0 Å². The lowest BCUT2D eigenvalue weighted by Crippen LogP contribution is -2.78. The third-order valence-corrected chi connectivity index (χ3v) is 4.20. The lowest BCUT2D eigenvalue weighted by atomic mass is 9.39. The van der Waals surface area contributed by atoms with Crippen molar-refractivity contribution in [3.05, 3.63) is 0 Å². The third kappa shape index (κ3) is 1.64. The second kappa shape index (κ2) is 3.35. The Labute approximate surface area is 93.8 Å². The monoisotopic (exact) mass is 236 g/mol. The van der Waals surface area contributed by atoms with Crippen LogP contribution in [-0.4, -0.2) is 24.3 Å². The van der Waals surface area contributed by atoms with Crippen molar-refractivity contribution in [2.45, 2.75) is 50.9 Å². The molecular weight excluding hydrogens is 217 g/mol. The highest BCUT2D eigenvalue weighted by molar-refractivity contribution is 5.25. The number of alkyl halides is 3. The van der Waals surface area contributed by atoms with Crippen molar-refractivity contribution in [3.63, 3.8) is 0 Å². The van der Waals surface area contributed by atoms with E-state index in [4.69, 9.17) is 5.73 Å². The average Bonchev–Trinajstić information content (AvgIpc) is 1.95. The maximum atomic E-state index is 12.6. The van der Waals surface area contributed by atoms with Gasteiger partial charge in [0.2, 0.25) is 0 Å². The topological polar surface area (TPSA) is 38.0 Å². The van der Waals surface area contributed by atoms with Gasteiger partial charge in [-0.25, -0.2) is 0 Å². The van der Waals surface area contributed by atoms with Crippen LogP contribution in [0.3, 0.4) is 0 Å². The second-order valence-electron chi connectivity index (χ2n) is 5.88. The van der Waals surface area contributed by atoms with Crippen LogP contribution in [0.25, 0.3) is 0 Å². The fourth-order valence-corrected chi connectivity index (χ4v) is 2.85. The molecule has 0 aromatic rings. The first-order valence-electron chi connectivity index (χ1n) is 5.77. The van der Waals surface area contributed by atoms with Crippen molar-refractivity contribution >= 4 is 0 Å². The highest BCUT2D eigenvalue weighted by atomic mass is 19.4. The zero-order chi connectivity index (χ0) is 12.2. The molecule has 1 atom stereocenters. The summed E-state index contributed by atoms with van der Waals surface area (Å²) in [4.78, 5) is 0. The Bertz CT molecular complexity index is 266. The summed E-state index contributed by atoms with van der Waals surface area (Å²) in [6.45, 7) is 4.66. The molecule has 3 fully saturated rings. The Morgan fingerprint density at radius 2 is 1.75 bits per heavy atom. The van der Waals surface area contributed by atoms with Crippen molar-refractivity contribution in [2.75, 3.05) is 6.54 Å². The van der Waals surface area contributed by atoms with Gasteiger partial charge < -0.3 is 11.1 Å². The molecule has 0 saturated heterocycles. The van der Waals surface area contributed by atoms with E-state index in [2.05, 4.69) is 5.32 Å². The lowest BCUT2D eigenvalue weighted by molar-refractivity contribution is -0.339. The Balaban J connectivity index is 1.78. The van der Waals surface area contributed by atoms with Crippen LogP contribution in [0.5, 0.6) is 0 Å². The fourth-order valence-electron chi connectivity index (χ4n) is 2.85. The van der Waals surface area contributed by atoms with Gasteiger partial charge in [-0.15, -0.1) is 0 Å². The van der Waals surface area contributed by atoms with E-state index in [1.54, 1.807) is 0 Å². The summed E-state index contributed by atoms with van der Waals surface area (Å²) >= 11 is 0. The van der Waals surface area contributed by atoms with E-state index in [0.29, 0.717) is 12.5 Å². The van der Waals surface area contributed by atoms with Gasteiger partial charge in [0.25, 0.3) is 0 Å². The van der Waals surface area contributed by atoms with Gasteiger partial charge in [-0.2, -0.15) is 13.2 Å². The van der Waals surface area contributed by atoms with Crippen LogP contribution in [0, 0.1) is 11.3 Å². The van der Waals surface area contributed by atoms with Gasteiger partial charge in [0.05, 0.1) is 5.41 Å². The molecule has 16 heavy (non-hydrogen) atoms. The van der Waals surface area contributed by atoms with Crippen LogP contribution in [0.4, 0.5) is 13.2 Å². The summed E-state index contributed by atoms with van der Waals surface area (Å²) in [5.74, 6) is 0.358. The molecule has 3 N–H and O–H groups in total. The number of hydrogen-bond donors (Lipinski definition) is 2. The van der Waals surface area contributed by atoms with Crippen LogP contribution in [-0.2, 0) is 0 Å². The summed E-state index contributed by atoms with van der Waals surface area (Å²) in [6, 6.07) is 0.0239. The summed E-state index contributed by atoms with van der Waals surface area (Å²) in [5, 5.41) is 3.21. The minimum atomic E-state index is -4.02. The predicted octanol–water partition coefficient (Wildman–Crippen LogP) is 2.04. The van der Waals surface area contributed by atoms with E-state index >= 15 is 0 Å². The smallest absolute Gasteiger partial charge is 0.326 e. The summed E-state index contributed by atoms with van der Waals surface area (Å²) in [6.07, 6.45) is -3.28. The fraction of sp³-hybridized carbons (Fsp3) is 1.00. The Kier molecular flexibility index (Phi) is 2.55. The first-order chi connectivity index (χ1) is 7.20. The molecule has 2 bridgehead atoms. The van der Waals surface area contributed by atoms with Crippen molar-refractivity contribution in [3.8, 4) is 0 Å². The molecule has 0 spiro atoms. The van der Waals surface area contributed by atoms with Crippen molar-refractivity contribution in [2.24, 2.45) is 17.1 Å². The quantitative estimate of drug-likeness (QED) is 0.784. The van der Waals surface area contributed by atoms with Gasteiger partial charge in [0.1, 0.15) is 0 Å². The van der Waals surface area contributed by atoms with Crippen LogP contribution >= 0.6 is 0 Å². The largest absolute Gasteiger partial charge is 0.394 e. The molecule has 0 aliphatic heterocycles. The van der Waals surface area contributed by atoms with Crippen LogP contribution in [0.15, 0.2) is 0 Å². The van der Waals surface area contributed by atoms with Crippen LogP contribution < -0.4 is 11.1 Å². The normalized spacial score (nSPS) is 39.2. The van der Waals surface area contributed by atoms with Crippen molar-refractivity contribution in [1.29, 1.82) is 0 Å². The number of rotatable bonds is 4. The minimum absolute atomic E-state index is 0.0239. The highest BCUT2D eigenvalue weighted by Crippen LogP contribution is 2.73. The summed E-state index contributed by atoms with van der Waals surface area (Å²) in [5.41, 5.74) is 4.25. The first-order valence-corrected chi connectivity index (χ1v) is 5.77. The van der Waals surface area contributed by atoms with Crippen molar-refractivity contribution in [1.82, 2.24) is 5.32 Å². The van der Waals surface area contributed by atoms with Crippen LogP contribution in [0.1, 0.15) is 33.1 Å². The molecule has 3 aliphatic rings. The van der Waals surface area contributed by atoms with E-state index in [-0.39, 0.29) is 30.8 Å². The molecule has 0 aromatic heterocycles. The molecule has 0 amide bonds. The zero-order valence-corrected chi connectivity index (χ0v) is 9.69. The van der Waals surface area contributed by atoms with E-state index in [0.717, 1.165) is 0 Å². The lowest BCUT2D eigenvalue weighted by Gasteiger charge is -2.71. The molecule has 0 radical (unpaired) electrons. The van der Waals surface area contributed by atoms with E-state index in [1.807, 2.05) is 13.8 Å². The van der Waals surface area contributed by atoms with E-state index in [9.17, 15) is 13.2 Å². The standard InChI is InChI=1S/C11H19F3N2/c1-7(2)8(15)3-16-10-4-9(5-10,6-10)11(12,13)14/h7-8,16H,3-6,15H2,1-2H3/t8-,9?,10?/m1/s1. The van der Waals surface area contributed by atoms with Crippen molar-refractivity contribution < 1.29 is 13.2 Å². The summed E-state index contributed by atoms with van der Waals surface area (Å²) in [7, 11) is 0. The molecule has 3 rings (SSSR count). The van der Waals surface area contributed by atoms with Gasteiger partial charge in [-0.3, -0.25) is 0 Å². The third-order valence-electron chi connectivity index (χ3n) is 4.20.